The van der Waals surface area contributed by atoms with Crippen molar-refractivity contribution in [2.45, 2.75) is 46.1 Å². The summed E-state index contributed by atoms with van der Waals surface area (Å²) in [5.74, 6) is -1.25. The van der Waals surface area contributed by atoms with Gasteiger partial charge in [-0.05, 0) is 56.5 Å². The van der Waals surface area contributed by atoms with Crippen LogP contribution in [0.25, 0.3) is 5.57 Å². The molecule has 0 saturated carbocycles. The third-order valence-corrected chi connectivity index (χ3v) is 10.5. The van der Waals surface area contributed by atoms with Crippen LogP contribution in [0.15, 0.2) is 76.8 Å². The number of carbonyl (C=O) groups excluding carboxylic acids is 1. The van der Waals surface area contributed by atoms with E-state index in [1.165, 1.54) is 19.1 Å². The molecule has 46 heavy (non-hydrogen) atoms. The summed E-state index contributed by atoms with van der Waals surface area (Å²) in [6, 6.07) is 8.01. The molecule has 0 bridgehead atoms. The first-order valence-corrected chi connectivity index (χ1v) is 18.4. The van der Waals surface area contributed by atoms with Gasteiger partial charge in [-0.3, -0.25) is 4.79 Å². The Hall–Kier alpha value is -3.81. The number of halogens is 2. The average molecular weight is 690 g/mol. The quantitative estimate of drug-likeness (QED) is 0.243. The van der Waals surface area contributed by atoms with Crippen molar-refractivity contribution < 1.29 is 26.0 Å². The Morgan fingerprint density at radius 3 is 2.48 bits per heavy atom. The standard InChI is InChI=1S/C32H37ClFN5O5S2/c1-7-11-14-22-15-12-13-16-26(22)39-31-23(19-24(33)30(35-31)29(25(34)8-2)27(9-3)45(6,41)42)32(36-46(39,43)44)38-18-17-37(20-21(38)5)28(40)10-4/h8-10,12-13,15-16,19,21H,3-4,7,11,14,17-18,20H2,1-2,5-6H3/b25-8+,29-27-. The molecule has 1 atom stereocenters. The van der Waals surface area contributed by atoms with Gasteiger partial charge in [-0.2, -0.15) is 8.42 Å². The SMILES string of the molecule is C=CC(=O)N1CCN(C2=NS(=O)(=O)N(c3ccccc3CCCC)c3nc(C(/C(F)=C\C)=C(/C=C)S(C)(=O)=O)c(Cl)cc32)C(C)C1. The van der Waals surface area contributed by atoms with Crippen LogP contribution in [0, 0.1) is 0 Å². The molecule has 10 nitrogen and oxygen atoms in total. The highest BCUT2D eigenvalue weighted by atomic mass is 35.5. The van der Waals surface area contributed by atoms with Gasteiger partial charge in [-0.1, -0.05) is 62.4 Å². The Balaban J connectivity index is 2.06. The zero-order valence-corrected chi connectivity index (χ0v) is 28.6. The van der Waals surface area contributed by atoms with Crippen molar-refractivity contribution in [3.8, 4) is 0 Å². The van der Waals surface area contributed by atoms with Crippen LogP contribution in [0.1, 0.15) is 50.4 Å². The first-order chi connectivity index (χ1) is 21.7. The number of rotatable bonds is 9. The summed E-state index contributed by atoms with van der Waals surface area (Å²) in [4.78, 5) is 19.9. The third-order valence-electron chi connectivity index (χ3n) is 7.78. The van der Waals surface area contributed by atoms with Crippen LogP contribution in [0.4, 0.5) is 15.9 Å². The first-order valence-electron chi connectivity index (χ1n) is 14.7. The molecule has 2 aromatic rings. The van der Waals surface area contributed by atoms with Crippen molar-refractivity contribution in [3.05, 3.63) is 94.3 Å². The zero-order chi connectivity index (χ0) is 34.0. The minimum Gasteiger partial charge on any atom is -0.349 e. The highest BCUT2D eigenvalue weighted by Crippen LogP contribution is 2.43. The molecule has 1 amide bonds. The number of piperazine rings is 1. The molecular formula is C32H37ClFN5O5S2. The van der Waals surface area contributed by atoms with Crippen LogP contribution < -0.4 is 4.31 Å². The smallest absolute Gasteiger partial charge is 0.349 e. The van der Waals surface area contributed by atoms with E-state index < -0.39 is 36.4 Å². The number of sulfone groups is 1. The molecule has 0 radical (unpaired) electrons. The number of anilines is 2. The molecule has 3 heterocycles. The zero-order valence-electron chi connectivity index (χ0n) is 26.2. The topological polar surface area (TPSA) is 120 Å². The lowest BCUT2D eigenvalue weighted by atomic mass is 10.0. The normalized spacial score (nSPS) is 18.8. The second-order valence-electron chi connectivity index (χ2n) is 11.0. The minimum absolute atomic E-state index is 0.0560. The van der Waals surface area contributed by atoms with Gasteiger partial charge in [0.15, 0.2) is 21.5 Å². The number of amides is 1. The molecular weight excluding hydrogens is 653 g/mol. The lowest BCUT2D eigenvalue weighted by molar-refractivity contribution is -0.128. The van der Waals surface area contributed by atoms with Crippen molar-refractivity contribution in [2.24, 2.45) is 4.40 Å². The molecule has 1 aromatic carbocycles. The fourth-order valence-corrected chi connectivity index (χ4v) is 7.95. The molecule has 1 aromatic heterocycles. The van der Waals surface area contributed by atoms with E-state index in [0.717, 1.165) is 41.1 Å². The van der Waals surface area contributed by atoms with E-state index >= 15 is 4.39 Å². The summed E-state index contributed by atoms with van der Waals surface area (Å²) in [6.45, 7) is 13.2. The number of pyridine rings is 1. The fraction of sp³-hybridized carbons (Fsp3) is 0.344. The Kier molecular flexibility index (Phi) is 10.6. The van der Waals surface area contributed by atoms with E-state index in [1.807, 2.05) is 19.9 Å². The van der Waals surface area contributed by atoms with E-state index in [1.54, 1.807) is 28.0 Å². The molecule has 0 spiro atoms. The van der Waals surface area contributed by atoms with Crippen molar-refractivity contribution in [3.63, 3.8) is 0 Å². The fourth-order valence-electron chi connectivity index (χ4n) is 5.55. The Bertz CT molecular complexity index is 1890. The van der Waals surface area contributed by atoms with Gasteiger partial charge in [0.25, 0.3) is 0 Å². The van der Waals surface area contributed by atoms with E-state index in [-0.39, 0.29) is 59.5 Å². The maximum Gasteiger partial charge on any atom is 0.352 e. The van der Waals surface area contributed by atoms with Crippen LogP contribution in [0.3, 0.4) is 0 Å². The number of para-hydroxylation sites is 1. The number of fused-ring (bicyclic) bond motifs is 1. The summed E-state index contributed by atoms with van der Waals surface area (Å²) < 4.78 is 74.8. The highest BCUT2D eigenvalue weighted by Gasteiger charge is 2.41. The number of amidine groups is 1. The van der Waals surface area contributed by atoms with Gasteiger partial charge in [0.05, 0.1) is 32.4 Å². The number of allylic oxidation sites excluding steroid dienone is 4. The number of hydrogen-bond donors (Lipinski definition) is 0. The Morgan fingerprint density at radius 1 is 1.20 bits per heavy atom. The maximum atomic E-state index is 15.6. The van der Waals surface area contributed by atoms with Crippen molar-refractivity contribution in [1.29, 1.82) is 0 Å². The molecule has 2 aliphatic heterocycles. The van der Waals surface area contributed by atoms with Crippen LogP contribution in [0.2, 0.25) is 5.02 Å². The number of carbonyl (C=O) groups is 1. The molecule has 0 N–H and O–H groups in total. The summed E-state index contributed by atoms with van der Waals surface area (Å²) >= 11 is 6.77. The third kappa shape index (κ3) is 6.81. The van der Waals surface area contributed by atoms with Crippen molar-refractivity contribution in [1.82, 2.24) is 14.8 Å². The van der Waals surface area contributed by atoms with Gasteiger partial charge in [0.1, 0.15) is 5.83 Å². The van der Waals surface area contributed by atoms with Gasteiger partial charge < -0.3 is 9.80 Å². The molecule has 14 heteroatoms. The van der Waals surface area contributed by atoms with Crippen LogP contribution >= 0.6 is 11.6 Å². The van der Waals surface area contributed by atoms with Crippen LogP contribution in [-0.2, 0) is 31.3 Å². The first kappa shape index (κ1) is 35.1. The summed E-state index contributed by atoms with van der Waals surface area (Å²) in [5, 5.41) is -0.131. The minimum atomic E-state index is -4.51. The lowest BCUT2D eigenvalue weighted by Crippen LogP contribution is -2.56. The summed E-state index contributed by atoms with van der Waals surface area (Å²) in [5.41, 5.74) is 0.541. The average Bonchev–Trinajstić information content (AvgIpc) is 3.01. The Morgan fingerprint density at radius 2 is 1.89 bits per heavy atom. The number of hydrogen-bond acceptors (Lipinski definition) is 7. The van der Waals surface area contributed by atoms with E-state index in [4.69, 9.17) is 11.6 Å². The molecule has 2 aliphatic rings. The molecule has 1 saturated heterocycles. The predicted octanol–water partition coefficient (Wildman–Crippen LogP) is 5.75. The van der Waals surface area contributed by atoms with Gasteiger partial charge in [-0.15, -0.1) is 4.40 Å². The molecule has 0 aliphatic carbocycles. The number of aromatic nitrogens is 1. The second-order valence-corrected chi connectivity index (χ2v) is 14.8. The molecule has 1 fully saturated rings. The molecule has 246 valence electrons. The highest BCUT2D eigenvalue weighted by molar-refractivity contribution is 7.95. The summed E-state index contributed by atoms with van der Waals surface area (Å²) in [6.07, 6.45) is 6.41. The number of benzene rings is 1. The van der Waals surface area contributed by atoms with Gasteiger partial charge in [0.2, 0.25) is 5.91 Å². The molecule has 4 rings (SSSR count). The Labute approximate surface area is 275 Å². The van der Waals surface area contributed by atoms with Crippen molar-refractivity contribution in [2.75, 3.05) is 30.2 Å². The van der Waals surface area contributed by atoms with Gasteiger partial charge in [-0.25, -0.2) is 22.1 Å². The van der Waals surface area contributed by atoms with Gasteiger partial charge >= 0.3 is 10.2 Å². The second kappa shape index (κ2) is 13.9. The number of nitrogens with zero attached hydrogens (tertiary/aromatic N) is 5. The van der Waals surface area contributed by atoms with Crippen molar-refractivity contribution >= 4 is 60.5 Å². The summed E-state index contributed by atoms with van der Waals surface area (Å²) in [7, 11) is -8.55. The number of unbranched alkanes of at least 4 members (excludes halogenated alkanes) is 1. The largest absolute Gasteiger partial charge is 0.352 e. The predicted molar refractivity (Wildman–Crippen MR) is 182 cm³/mol. The number of aryl methyl sites for hydroxylation is 1. The molecule has 1 unspecified atom stereocenters. The van der Waals surface area contributed by atoms with Crippen LogP contribution in [-0.4, -0.2) is 75.3 Å². The monoisotopic (exact) mass is 689 g/mol. The maximum absolute atomic E-state index is 15.6. The van der Waals surface area contributed by atoms with Crippen LogP contribution in [0.5, 0.6) is 0 Å². The lowest BCUT2D eigenvalue weighted by Gasteiger charge is -2.42. The van der Waals surface area contributed by atoms with E-state index in [0.29, 0.717) is 12.1 Å². The van der Waals surface area contributed by atoms with E-state index in [2.05, 4.69) is 22.5 Å². The van der Waals surface area contributed by atoms with E-state index in [9.17, 15) is 21.6 Å². The van der Waals surface area contributed by atoms with Gasteiger partial charge in [0, 0.05) is 31.9 Å².